The summed E-state index contributed by atoms with van der Waals surface area (Å²) < 4.78 is 10.6. The first-order valence-electron chi connectivity index (χ1n) is 12.6. The molecule has 8 nitrogen and oxygen atoms in total. The number of nitrogens with one attached hydrogen (secondary N) is 2. The Morgan fingerprint density at radius 2 is 1.79 bits per heavy atom. The number of nitrogens with zero attached hydrogens (tertiary/aromatic N) is 1. The topological polar surface area (TPSA) is 97.0 Å². The predicted molar refractivity (Wildman–Crippen MR) is 148 cm³/mol. The van der Waals surface area contributed by atoms with Crippen LogP contribution in [-0.4, -0.2) is 49.1 Å². The fraction of sp³-hybridized carbons (Fsp3) is 0.258. The van der Waals surface area contributed by atoms with E-state index in [9.17, 15) is 14.4 Å². The average molecular weight is 526 g/mol. The molecule has 1 saturated heterocycles. The van der Waals surface area contributed by atoms with Crippen LogP contribution in [0.5, 0.6) is 5.75 Å². The molecule has 1 aliphatic heterocycles. The summed E-state index contributed by atoms with van der Waals surface area (Å²) in [5.41, 5.74) is 3.41. The smallest absolute Gasteiger partial charge is 0.325 e. The van der Waals surface area contributed by atoms with Gasteiger partial charge in [-0.05, 0) is 53.9 Å². The lowest BCUT2D eigenvalue weighted by Gasteiger charge is -2.30. The number of terminal acetylenes is 1. The molecule has 8 heteroatoms. The minimum Gasteiger partial charge on any atom is -0.491 e. The van der Waals surface area contributed by atoms with Crippen molar-refractivity contribution in [2.45, 2.75) is 31.8 Å². The number of benzene rings is 3. The number of carbonyl (C=O) groups is 3. The highest BCUT2D eigenvalue weighted by atomic mass is 16.5. The van der Waals surface area contributed by atoms with Gasteiger partial charge in [0.25, 0.3) is 5.91 Å². The van der Waals surface area contributed by atoms with Crippen LogP contribution in [0.25, 0.3) is 0 Å². The Morgan fingerprint density at radius 1 is 1.08 bits per heavy atom. The van der Waals surface area contributed by atoms with Crippen molar-refractivity contribution in [2.75, 3.05) is 25.6 Å². The highest BCUT2D eigenvalue weighted by Gasteiger charge is 2.47. The molecule has 0 aliphatic carbocycles. The van der Waals surface area contributed by atoms with E-state index in [0.29, 0.717) is 35.8 Å². The molecular weight excluding hydrogens is 494 g/mol. The number of methoxy groups -OCH3 is 1. The van der Waals surface area contributed by atoms with E-state index in [-0.39, 0.29) is 0 Å². The van der Waals surface area contributed by atoms with E-state index in [0.717, 1.165) is 16.0 Å². The van der Waals surface area contributed by atoms with Crippen molar-refractivity contribution < 1.29 is 23.9 Å². The van der Waals surface area contributed by atoms with Crippen LogP contribution in [0.15, 0.2) is 72.8 Å². The van der Waals surface area contributed by atoms with Crippen LogP contribution in [0.1, 0.15) is 41.1 Å². The van der Waals surface area contributed by atoms with Gasteiger partial charge in [-0.1, -0.05) is 55.3 Å². The first-order valence-corrected chi connectivity index (χ1v) is 12.6. The normalized spacial score (nSPS) is 16.3. The van der Waals surface area contributed by atoms with Crippen LogP contribution in [0.3, 0.4) is 0 Å². The molecular formula is C31H31N3O5. The number of imide groups is 1. The Bertz CT molecular complexity index is 1380. The average Bonchev–Trinajstić information content (AvgIpc) is 3.24. The summed E-state index contributed by atoms with van der Waals surface area (Å²) in [6.45, 7) is 4.50. The van der Waals surface area contributed by atoms with E-state index in [1.54, 1.807) is 49.6 Å². The van der Waals surface area contributed by atoms with Crippen LogP contribution in [-0.2, 0) is 14.3 Å². The summed E-state index contributed by atoms with van der Waals surface area (Å²) in [7, 11) is 1.59. The third kappa shape index (κ3) is 6.11. The molecule has 1 heterocycles. The van der Waals surface area contributed by atoms with E-state index in [4.69, 9.17) is 15.9 Å². The second-order valence-corrected chi connectivity index (χ2v) is 9.31. The van der Waals surface area contributed by atoms with Gasteiger partial charge in [0.15, 0.2) is 0 Å². The van der Waals surface area contributed by atoms with Crippen molar-refractivity contribution >= 4 is 23.5 Å². The number of hydrogen-bond acceptors (Lipinski definition) is 5. The summed E-state index contributed by atoms with van der Waals surface area (Å²) in [5.74, 6) is 1.72. The van der Waals surface area contributed by atoms with Gasteiger partial charge < -0.3 is 20.1 Å². The van der Waals surface area contributed by atoms with Gasteiger partial charge in [-0.2, -0.15) is 0 Å². The minimum absolute atomic E-state index is 0.391. The van der Waals surface area contributed by atoms with Crippen LogP contribution in [0.2, 0.25) is 0 Å². The van der Waals surface area contributed by atoms with Gasteiger partial charge >= 0.3 is 6.03 Å². The summed E-state index contributed by atoms with van der Waals surface area (Å²) >= 11 is 0. The third-order valence-electron chi connectivity index (χ3n) is 6.74. The van der Waals surface area contributed by atoms with Gasteiger partial charge in [0.1, 0.15) is 24.4 Å². The van der Waals surface area contributed by atoms with Crippen LogP contribution >= 0.6 is 0 Å². The van der Waals surface area contributed by atoms with Crippen molar-refractivity contribution in [3.05, 3.63) is 95.1 Å². The van der Waals surface area contributed by atoms with E-state index in [1.807, 2.05) is 44.2 Å². The zero-order valence-electron chi connectivity index (χ0n) is 22.1. The maximum atomic E-state index is 13.8. The number of amides is 4. The number of urea groups is 1. The SMILES string of the molecule is C#Cc1ccc(NC(=O)C([C@@H](C)c2ccccc2)N2C(=O)N[C@H](c3ccc(OCCOC)cc3)C2=O)c(C)c1. The van der Waals surface area contributed by atoms with Crippen molar-refractivity contribution in [2.24, 2.45) is 0 Å². The molecule has 4 rings (SSSR count). The number of anilines is 1. The molecule has 0 bridgehead atoms. The fourth-order valence-electron chi connectivity index (χ4n) is 4.59. The lowest BCUT2D eigenvalue weighted by atomic mass is 9.91. The largest absolute Gasteiger partial charge is 0.491 e. The monoisotopic (exact) mass is 525 g/mol. The van der Waals surface area contributed by atoms with Crippen molar-refractivity contribution in [3.63, 3.8) is 0 Å². The summed E-state index contributed by atoms with van der Waals surface area (Å²) in [6, 6.07) is 18.8. The molecule has 1 unspecified atom stereocenters. The van der Waals surface area contributed by atoms with E-state index in [2.05, 4.69) is 16.6 Å². The summed E-state index contributed by atoms with van der Waals surface area (Å²) in [6.07, 6.45) is 5.49. The first kappa shape index (κ1) is 27.4. The molecule has 1 aliphatic rings. The molecule has 200 valence electrons. The number of carbonyl (C=O) groups excluding carboxylic acids is 3. The molecule has 0 radical (unpaired) electrons. The summed E-state index contributed by atoms with van der Waals surface area (Å²) in [5, 5.41) is 5.66. The second kappa shape index (κ2) is 12.3. The minimum atomic E-state index is -1.10. The highest BCUT2D eigenvalue weighted by molar-refractivity contribution is 6.10. The molecule has 2 N–H and O–H groups in total. The van der Waals surface area contributed by atoms with E-state index >= 15 is 0 Å². The Hall–Kier alpha value is -4.61. The highest BCUT2D eigenvalue weighted by Crippen LogP contribution is 2.32. The number of rotatable bonds is 10. The van der Waals surface area contributed by atoms with Gasteiger partial charge in [0, 0.05) is 24.3 Å². The Balaban J connectivity index is 1.62. The van der Waals surface area contributed by atoms with Gasteiger partial charge in [-0.25, -0.2) is 9.69 Å². The quantitative estimate of drug-likeness (QED) is 0.232. The van der Waals surface area contributed by atoms with Crippen LogP contribution < -0.4 is 15.4 Å². The number of hydrogen-bond donors (Lipinski definition) is 2. The Kier molecular flexibility index (Phi) is 8.64. The van der Waals surface area contributed by atoms with Crippen molar-refractivity contribution in [1.29, 1.82) is 0 Å². The standard InChI is InChI=1S/C31H31N3O5/c1-5-22-11-16-26(20(2)19-22)32-29(35)28(21(3)23-9-7-6-8-10-23)34-30(36)27(33-31(34)37)24-12-14-25(15-13-24)39-18-17-38-4/h1,6-16,19,21,27-28H,17-18H2,2-4H3,(H,32,35)(H,33,37)/t21-,27+,28?/m0/s1. The molecule has 39 heavy (non-hydrogen) atoms. The first-order chi connectivity index (χ1) is 18.8. The van der Waals surface area contributed by atoms with Gasteiger partial charge in [0.2, 0.25) is 5.91 Å². The molecule has 3 aromatic rings. The van der Waals surface area contributed by atoms with Gasteiger partial charge in [-0.15, -0.1) is 6.42 Å². The zero-order chi connectivity index (χ0) is 27.9. The lowest BCUT2D eigenvalue weighted by molar-refractivity contribution is -0.134. The van der Waals surface area contributed by atoms with Crippen molar-refractivity contribution in [1.82, 2.24) is 10.2 Å². The van der Waals surface area contributed by atoms with Crippen LogP contribution in [0, 0.1) is 19.3 Å². The third-order valence-corrected chi connectivity index (χ3v) is 6.74. The number of ether oxygens (including phenoxy) is 2. The zero-order valence-corrected chi connectivity index (χ0v) is 22.1. The second-order valence-electron chi connectivity index (χ2n) is 9.31. The maximum absolute atomic E-state index is 13.8. The molecule has 0 spiro atoms. The molecule has 0 aromatic heterocycles. The fourth-order valence-corrected chi connectivity index (χ4v) is 4.59. The molecule has 1 fully saturated rings. The van der Waals surface area contributed by atoms with E-state index < -0.39 is 35.8 Å². The lowest BCUT2D eigenvalue weighted by Crippen LogP contribution is -2.50. The van der Waals surface area contributed by atoms with Crippen LogP contribution in [0.4, 0.5) is 10.5 Å². The summed E-state index contributed by atoms with van der Waals surface area (Å²) in [4.78, 5) is 41.7. The molecule has 3 atom stereocenters. The van der Waals surface area contributed by atoms with Gasteiger partial charge in [-0.3, -0.25) is 9.59 Å². The molecule has 3 aromatic carbocycles. The Morgan fingerprint density at radius 3 is 2.44 bits per heavy atom. The van der Waals surface area contributed by atoms with Gasteiger partial charge in [0.05, 0.1) is 6.61 Å². The van der Waals surface area contributed by atoms with Crippen molar-refractivity contribution in [3.8, 4) is 18.1 Å². The number of aryl methyl sites for hydroxylation is 1. The maximum Gasteiger partial charge on any atom is 0.325 e. The Labute approximate surface area is 228 Å². The van der Waals surface area contributed by atoms with E-state index in [1.165, 1.54) is 0 Å². The molecule has 4 amide bonds. The predicted octanol–water partition coefficient (Wildman–Crippen LogP) is 4.41. The molecule has 0 saturated carbocycles.